The van der Waals surface area contributed by atoms with E-state index in [2.05, 4.69) is 10.2 Å². The van der Waals surface area contributed by atoms with Gasteiger partial charge >= 0.3 is 0 Å². The Morgan fingerprint density at radius 3 is 2.86 bits per heavy atom. The van der Waals surface area contributed by atoms with E-state index < -0.39 is 0 Å². The summed E-state index contributed by atoms with van der Waals surface area (Å²) >= 11 is 6.47. The molecule has 0 aliphatic carbocycles. The van der Waals surface area contributed by atoms with Crippen LogP contribution in [0.2, 0.25) is 0 Å². The van der Waals surface area contributed by atoms with Crippen molar-refractivity contribution in [3.8, 4) is 11.5 Å². The third kappa shape index (κ3) is 1.73. The monoisotopic (exact) mass is 224 g/mol. The first kappa shape index (κ1) is 9.48. The van der Waals surface area contributed by atoms with Crippen molar-refractivity contribution in [3.05, 3.63) is 29.1 Å². The van der Waals surface area contributed by atoms with Gasteiger partial charge in [0.15, 0.2) is 0 Å². The van der Waals surface area contributed by atoms with E-state index in [-0.39, 0.29) is 0 Å². The summed E-state index contributed by atoms with van der Waals surface area (Å²) in [4.78, 5) is 1.42. The molecular formula is C9H8N2OS2. The number of hydrogen-bond acceptors (Lipinski definition) is 4. The summed E-state index contributed by atoms with van der Waals surface area (Å²) in [6.07, 6.45) is 2.01. The van der Waals surface area contributed by atoms with Gasteiger partial charge in [-0.1, -0.05) is 12.1 Å². The Morgan fingerprint density at radius 1 is 1.43 bits per heavy atom. The molecule has 1 aromatic carbocycles. The fourth-order valence-corrected chi connectivity index (χ4v) is 1.88. The standard InChI is InChI=1S/C9H8N2OS2/c1-14-7-5-3-2-4-6(7)8-10-11-9(13)12-8/h2-5H,1H3,(H,11,13). The van der Waals surface area contributed by atoms with E-state index in [0.717, 1.165) is 10.5 Å². The summed E-state index contributed by atoms with van der Waals surface area (Å²) in [6.45, 7) is 0. The largest absolute Gasteiger partial charge is 0.409 e. The molecule has 5 heteroatoms. The molecule has 0 radical (unpaired) electrons. The Balaban J connectivity index is 2.55. The van der Waals surface area contributed by atoms with Crippen LogP contribution in [0.15, 0.2) is 33.6 Å². The number of nitrogens with zero attached hydrogens (tertiary/aromatic N) is 1. The van der Waals surface area contributed by atoms with Crippen LogP contribution in [0.1, 0.15) is 0 Å². The molecule has 0 aliphatic rings. The van der Waals surface area contributed by atoms with Gasteiger partial charge in [0.2, 0.25) is 5.89 Å². The lowest BCUT2D eigenvalue weighted by atomic mass is 10.2. The SMILES string of the molecule is CSc1ccccc1-c1n[nH]c(=S)o1. The Labute approximate surface area is 90.5 Å². The Hall–Kier alpha value is -1.07. The number of H-pyrrole nitrogens is 1. The summed E-state index contributed by atoms with van der Waals surface area (Å²) < 4.78 is 5.25. The van der Waals surface area contributed by atoms with E-state index >= 15 is 0 Å². The van der Waals surface area contributed by atoms with E-state index in [1.54, 1.807) is 11.8 Å². The highest BCUT2D eigenvalue weighted by Gasteiger charge is 2.07. The van der Waals surface area contributed by atoms with Gasteiger partial charge in [-0.2, -0.15) is 0 Å². The van der Waals surface area contributed by atoms with Crippen LogP contribution in [0.5, 0.6) is 0 Å². The molecule has 0 fully saturated rings. The van der Waals surface area contributed by atoms with E-state index in [9.17, 15) is 0 Å². The Kier molecular flexibility index (Phi) is 2.69. The summed E-state index contributed by atoms with van der Waals surface area (Å²) in [5.74, 6) is 0.542. The first-order valence-corrected chi connectivity index (χ1v) is 5.63. The normalized spacial score (nSPS) is 10.4. The molecule has 0 spiro atoms. The molecular weight excluding hydrogens is 216 g/mol. The average molecular weight is 224 g/mol. The van der Waals surface area contributed by atoms with Crippen molar-refractivity contribution in [1.29, 1.82) is 0 Å². The zero-order chi connectivity index (χ0) is 9.97. The summed E-state index contributed by atoms with van der Waals surface area (Å²) in [6, 6.07) is 7.91. The predicted molar refractivity (Wildman–Crippen MR) is 58.9 cm³/mol. The molecule has 0 aliphatic heterocycles. The van der Waals surface area contributed by atoms with Crippen LogP contribution in [0.4, 0.5) is 0 Å². The number of rotatable bonds is 2. The average Bonchev–Trinajstić information content (AvgIpc) is 2.65. The van der Waals surface area contributed by atoms with Crippen molar-refractivity contribution in [1.82, 2.24) is 10.2 Å². The maximum atomic E-state index is 5.25. The Morgan fingerprint density at radius 2 is 2.21 bits per heavy atom. The van der Waals surface area contributed by atoms with Gasteiger partial charge in [-0.15, -0.1) is 16.9 Å². The topological polar surface area (TPSA) is 41.8 Å². The van der Waals surface area contributed by atoms with Crippen molar-refractivity contribution in [3.63, 3.8) is 0 Å². The molecule has 1 aromatic heterocycles. The second-order valence-corrected chi connectivity index (χ2v) is 3.84. The molecule has 0 unspecified atom stereocenters. The first-order valence-electron chi connectivity index (χ1n) is 4.00. The highest BCUT2D eigenvalue weighted by atomic mass is 32.2. The fraction of sp³-hybridized carbons (Fsp3) is 0.111. The molecule has 2 aromatic rings. The third-order valence-corrected chi connectivity index (χ3v) is 2.75. The minimum absolute atomic E-state index is 0.302. The van der Waals surface area contributed by atoms with E-state index in [1.165, 1.54) is 0 Å². The van der Waals surface area contributed by atoms with Crippen molar-refractivity contribution in [2.45, 2.75) is 4.90 Å². The van der Waals surface area contributed by atoms with E-state index in [1.807, 2.05) is 30.5 Å². The summed E-state index contributed by atoms with van der Waals surface area (Å²) in [5, 5.41) is 6.59. The number of hydrogen-bond donors (Lipinski definition) is 1. The number of aromatic amines is 1. The van der Waals surface area contributed by atoms with Crippen LogP contribution in [0.25, 0.3) is 11.5 Å². The molecule has 14 heavy (non-hydrogen) atoms. The first-order chi connectivity index (χ1) is 6.81. The van der Waals surface area contributed by atoms with Crippen molar-refractivity contribution >= 4 is 24.0 Å². The zero-order valence-electron chi connectivity index (χ0n) is 7.48. The molecule has 2 rings (SSSR count). The number of thioether (sulfide) groups is 1. The van der Waals surface area contributed by atoms with Crippen LogP contribution < -0.4 is 0 Å². The van der Waals surface area contributed by atoms with Crippen molar-refractivity contribution < 1.29 is 4.42 Å². The molecule has 0 atom stereocenters. The number of aromatic nitrogens is 2. The van der Waals surface area contributed by atoms with Gasteiger partial charge in [-0.3, -0.25) is 0 Å². The van der Waals surface area contributed by atoms with Crippen LogP contribution in [-0.4, -0.2) is 16.5 Å². The lowest BCUT2D eigenvalue weighted by Crippen LogP contribution is -1.81. The van der Waals surface area contributed by atoms with E-state index in [4.69, 9.17) is 16.6 Å². The second-order valence-electron chi connectivity index (χ2n) is 2.62. The van der Waals surface area contributed by atoms with Gasteiger partial charge in [0, 0.05) is 4.90 Å². The van der Waals surface area contributed by atoms with Crippen LogP contribution >= 0.6 is 24.0 Å². The van der Waals surface area contributed by atoms with Crippen LogP contribution in [0.3, 0.4) is 0 Å². The lowest BCUT2D eigenvalue weighted by molar-refractivity contribution is 0.551. The quantitative estimate of drug-likeness (QED) is 0.628. The van der Waals surface area contributed by atoms with Crippen LogP contribution in [-0.2, 0) is 0 Å². The third-order valence-electron chi connectivity index (χ3n) is 1.78. The fourth-order valence-electron chi connectivity index (χ4n) is 1.17. The highest BCUT2D eigenvalue weighted by Crippen LogP contribution is 2.28. The molecule has 0 saturated carbocycles. The lowest BCUT2D eigenvalue weighted by Gasteiger charge is -2.00. The van der Waals surface area contributed by atoms with Gasteiger partial charge in [-0.05, 0) is 30.6 Å². The number of benzene rings is 1. The van der Waals surface area contributed by atoms with Crippen molar-refractivity contribution in [2.75, 3.05) is 6.26 Å². The van der Waals surface area contributed by atoms with Crippen LogP contribution in [0, 0.1) is 4.84 Å². The van der Waals surface area contributed by atoms with Gasteiger partial charge in [0.05, 0.1) is 5.56 Å². The maximum Gasteiger partial charge on any atom is 0.284 e. The molecule has 0 saturated heterocycles. The molecule has 72 valence electrons. The Bertz CT molecular complexity index is 489. The van der Waals surface area contributed by atoms with Gasteiger partial charge in [0.1, 0.15) is 0 Å². The second kappa shape index (κ2) is 3.98. The summed E-state index contributed by atoms with van der Waals surface area (Å²) in [5.41, 5.74) is 0.965. The molecule has 0 bridgehead atoms. The predicted octanol–water partition coefficient (Wildman–Crippen LogP) is 3.12. The van der Waals surface area contributed by atoms with Gasteiger partial charge in [-0.25, -0.2) is 5.10 Å². The molecule has 1 N–H and O–H groups in total. The van der Waals surface area contributed by atoms with Crippen molar-refractivity contribution in [2.24, 2.45) is 0 Å². The van der Waals surface area contributed by atoms with Gasteiger partial charge < -0.3 is 4.42 Å². The number of nitrogens with one attached hydrogen (secondary N) is 1. The maximum absolute atomic E-state index is 5.25. The zero-order valence-corrected chi connectivity index (χ0v) is 9.11. The molecule has 1 heterocycles. The minimum atomic E-state index is 0.302. The smallest absolute Gasteiger partial charge is 0.284 e. The summed E-state index contributed by atoms with van der Waals surface area (Å²) in [7, 11) is 0. The molecule has 3 nitrogen and oxygen atoms in total. The molecule has 0 amide bonds. The van der Waals surface area contributed by atoms with Gasteiger partial charge in [0.25, 0.3) is 4.84 Å². The minimum Gasteiger partial charge on any atom is -0.409 e. The highest BCUT2D eigenvalue weighted by molar-refractivity contribution is 7.98. The van der Waals surface area contributed by atoms with E-state index in [0.29, 0.717) is 10.7 Å².